The lowest BCUT2D eigenvalue weighted by atomic mass is 10.2. The molecule has 0 radical (unpaired) electrons. The van der Waals surface area contributed by atoms with Crippen LogP contribution in [0.25, 0.3) is 5.69 Å². The van der Waals surface area contributed by atoms with Gasteiger partial charge in [-0.3, -0.25) is 4.79 Å². The first-order valence-corrected chi connectivity index (χ1v) is 7.65. The normalized spacial score (nSPS) is 12.2. The van der Waals surface area contributed by atoms with Gasteiger partial charge in [0.25, 0.3) is 5.91 Å². The number of aromatic nitrogens is 3. The highest BCUT2D eigenvalue weighted by Crippen LogP contribution is 2.20. The van der Waals surface area contributed by atoms with E-state index in [2.05, 4.69) is 15.6 Å². The van der Waals surface area contributed by atoms with Crippen LogP contribution in [-0.2, 0) is 0 Å². The van der Waals surface area contributed by atoms with E-state index in [1.807, 2.05) is 6.92 Å². The van der Waals surface area contributed by atoms with Gasteiger partial charge in [0.2, 0.25) is 0 Å². The third kappa shape index (κ3) is 4.05. The number of nitrogens with zero attached hydrogens (tertiary/aromatic N) is 3. The fraction of sp³-hybridized carbons (Fsp3) is 0.400. The van der Waals surface area contributed by atoms with E-state index in [4.69, 9.17) is 11.6 Å². The molecule has 0 aliphatic rings. The molecule has 23 heavy (non-hydrogen) atoms. The molecule has 1 amide bonds. The summed E-state index contributed by atoms with van der Waals surface area (Å²) in [6, 6.07) is 4.13. The Bertz CT molecular complexity index is 705. The van der Waals surface area contributed by atoms with E-state index < -0.39 is 17.8 Å². The van der Waals surface area contributed by atoms with Crippen LogP contribution in [-0.4, -0.2) is 38.7 Å². The number of halogens is 2. The predicted octanol–water partition coefficient (Wildman–Crippen LogP) is 2.26. The van der Waals surface area contributed by atoms with E-state index in [1.54, 1.807) is 6.92 Å². The zero-order valence-electron chi connectivity index (χ0n) is 12.9. The first-order chi connectivity index (χ1) is 10.9. The van der Waals surface area contributed by atoms with Gasteiger partial charge in [-0.05, 0) is 31.5 Å². The molecule has 2 N–H and O–H groups in total. The number of amides is 1. The second-order valence-electron chi connectivity index (χ2n) is 5.19. The van der Waals surface area contributed by atoms with Crippen molar-refractivity contribution in [2.45, 2.75) is 32.8 Å². The average molecular weight is 341 g/mol. The Kier molecular flexibility index (Phi) is 5.68. The Morgan fingerprint density at radius 1 is 1.52 bits per heavy atom. The lowest BCUT2D eigenvalue weighted by molar-refractivity contribution is 0.0904. The summed E-state index contributed by atoms with van der Waals surface area (Å²) in [5.74, 6) is -0.951. The number of hydrogen-bond donors (Lipinski definition) is 2. The highest BCUT2D eigenvalue weighted by atomic mass is 35.5. The van der Waals surface area contributed by atoms with E-state index in [-0.39, 0.29) is 17.3 Å². The van der Waals surface area contributed by atoms with Gasteiger partial charge < -0.3 is 10.4 Å². The number of hydrogen-bond acceptors (Lipinski definition) is 4. The van der Waals surface area contributed by atoms with Crippen LogP contribution < -0.4 is 5.32 Å². The largest absolute Gasteiger partial charge is 0.391 e. The molecule has 0 saturated carbocycles. The zero-order valence-corrected chi connectivity index (χ0v) is 13.6. The molecule has 0 spiro atoms. The summed E-state index contributed by atoms with van der Waals surface area (Å²) in [7, 11) is 0. The number of rotatable bonds is 6. The summed E-state index contributed by atoms with van der Waals surface area (Å²) < 4.78 is 14.6. The number of benzene rings is 1. The number of aliphatic hydroxyl groups excluding tert-OH is 1. The van der Waals surface area contributed by atoms with Crippen LogP contribution in [0, 0.1) is 12.7 Å². The van der Waals surface area contributed by atoms with Crippen molar-refractivity contribution < 1.29 is 14.3 Å². The molecule has 0 fully saturated rings. The Morgan fingerprint density at radius 2 is 2.26 bits per heavy atom. The van der Waals surface area contributed by atoms with Gasteiger partial charge in [-0.1, -0.05) is 30.2 Å². The second kappa shape index (κ2) is 7.52. The summed E-state index contributed by atoms with van der Waals surface area (Å²) in [6.45, 7) is 3.78. The molecule has 1 aromatic carbocycles. The molecule has 0 bridgehead atoms. The SMILES string of the molecule is CCCC(O)CNC(=O)c1nnn(-c2ccc(F)c(Cl)c2)c1C. The fourth-order valence-electron chi connectivity index (χ4n) is 2.13. The van der Waals surface area contributed by atoms with E-state index in [9.17, 15) is 14.3 Å². The standard InChI is InChI=1S/C15H18ClFN4O2/c1-3-4-11(22)8-18-15(23)14-9(2)21(20-19-14)10-5-6-13(17)12(16)7-10/h5-7,11,22H,3-4,8H2,1-2H3,(H,18,23). The molecule has 1 unspecified atom stereocenters. The zero-order chi connectivity index (χ0) is 17.0. The Morgan fingerprint density at radius 3 is 2.91 bits per heavy atom. The van der Waals surface area contributed by atoms with Gasteiger partial charge in [-0.25, -0.2) is 9.07 Å². The van der Waals surface area contributed by atoms with Crippen molar-refractivity contribution in [3.8, 4) is 5.69 Å². The molecule has 1 atom stereocenters. The molecular formula is C15H18ClFN4O2. The fourth-order valence-corrected chi connectivity index (χ4v) is 2.31. The van der Waals surface area contributed by atoms with E-state index in [0.717, 1.165) is 6.42 Å². The maximum Gasteiger partial charge on any atom is 0.273 e. The van der Waals surface area contributed by atoms with Gasteiger partial charge in [0.1, 0.15) is 5.82 Å². The number of aliphatic hydroxyl groups is 1. The van der Waals surface area contributed by atoms with Crippen molar-refractivity contribution in [1.82, 2.24) is 20.3 Å². The molecule has 2 aromatic rings. The molecule has 8 heteroatoms. The lowest BCUT2D eigenvalue weighted by Crippen LogP contribution is -2.32. The lowest BCUT2D eigenvalue weighted by Gasteiger charge is -2.10. The van der Waals surface area contributed by atoms with Gasteiger partial charge >= 0.3 is 0 Å². The molecule has 1 heterocycles. The summed E-state index contributed by atoms with van der Waals surface area (Å²) in [5, 5.41) is 20.0. The summed E-state index contributed by atoms with van der Waals surface area (Å²) in [6.07, 6.45) is 0.854. The first kappa shape index (κ1) is 17.4. The van der Waals surface area contributed by atoms with Crippen LogP contribution in [0.3, 0.4) is 0 Å². The van der Waals surface area contributed by atoms with Gasteiger partial charge in [-0.2, -0.15) is 0 Å². The van der Waals surface area contributed by atoms with Crippen molar-refractivity contribution >= 4 is 17.5 Å². The average Bonchev–Trinajstić information content (AvgIpc) is 2.90. The minimum absolute atomic E-state index is 0.0360. The van der Waals surface area contributed by atoms with Crippen molar-refractivity contribution in [3.05, 3.63) is 40.4 Å². The predicted molar refractivity (Wildman–Crippen MR) is 84.3 cm³/mol. The van der Waals surface area contributed by atoms with E-state index >= 15 is 0 Å². The van der Waals surface area contributed by atoms with Crippen LogP contribution in [0.2, 0.25) is 5.02 Å². The molecular weight excluding hydrogens is 323 g/mol. The minimum Gasteiger partial charge on any atom is -0.391 e. The van der Waals surface area contributed by atoms with Crippen LogP contribution in [0.4, 0.5) is 4.39 Å². The van der Waals surface area contributed by atoms with Gasteiger partial charge in [0, 0.05) is 6.54 Å². The second-order valence-corrected chi connectivity index (χ2v) is 5.59. The van der Waals surface area contributed by atoms with Gasteiger partial charge in [0.15, 0.2) is 5.69 Å². The van der Waals surface area contributed by atoms with Crippen molar-refractivity contribution in [3.63, 3.8) is 0 Å². The Balaban J connectivity index is 2.15. The number of nitrogens with one attached hydrogen (secondary N) is 1. The maximum absolute atomic E-state index is 13.2. The minimum atomic E-state index is -0.588. The summed E-state index contributed by atoms with van der Waals surface area (Å²) in [5.41, 5.74) is 1.15. The smallest absolute Gasteiger partial charge is 0.273 e. The van der Waals surface area contributed by atoms with Crippen molar-refractivity contribution in [2.75, 3.05) is 6.54 Å². The highest BCUT2D eigenvalue weighted by molar-refractivity contribution is 6.30. The highest BCUT2D eigenvalue weighted by Gasteiger charge is 2.18. The third-order valence-electron chi connectivity index (χ3n) is 3.38. The Labute approximate surface area is 138 Å². The quantitative estimate of drug-likeness (QED) is 0.845. The maximum atomic E-state index is 13.2. The molecule has 6 nitrogen and oxygen atoms in total. The Hall–Kier alpha value is -1.99. The summed E-state index contributed by atoms with van der Waals surface area (Å²) in [4.78, 5) is 12.1. The molecule has 124 valence electrons. The van der Waals surface area contributed by atoms with Crippen LogP contribution >= 0.6 is 11.6 Å². The first-order valence-electron chi connectivity index (χ1n) is 7.28. The van der Waals surface area contributed by atoms with Gasteiger partial charge in [0.05, 0.1) is 22.5 Å². The topological polar surface area (TPSA) is 80.0 Å². The monoisotopic (exact) mass is 340 g/mol. The van der Waals surface area contributed by atoms with Crippen LogP contribution in [0.15, 0.2) is 18.2 Å². The molecule has 2 rings (SSSR count). The molecule has 0 saturated heterocycles. The molecule has 0 aliphatic heterocycles. The van der Waals surface area contributed by atoms with Crippen LogP contribution in [0.1, 0.15) is 35.9 Å². The van der Waals surface area contributed by atoms with Crippen molar-refractivity contribution in [2.24, 2.45) is 0 Å². The third-order valence-corrected chi connectivity index (χ3v) is 3.67. The molecule has 1 aromatic heterocycles. The van der Waals surface area contributed by atoms with Crippen molar-refractivity contribution in [1.29, 1.82) is 0 Å². The van der Waals surface area contributed by atoms with E-state index in [0.29, 0.717) is 17.8 Å². The number of carbonyl (C=O) groups is 1. The summed E-state index contributed by atoms with van der Waals surface area (Å²) >= 11 is 5.76. The van der Waals surface area contributed by atoms with Crippen LogP contribution in [0.5, 0.6) is 0 Å². The molecule has 0 aliphatic carbocycles. The van der Waals surface area contributed by atoms with Gasteiger partial charge in [-0.15, -0.1) is 5.10 Å². The number of carbonyl (C=O) groups excluding carboxylic acids is 1. The van der Waals surface area contributed by atoms with E-state index in [1.165, 1.54) is 22.9 Å².